The molecule has 0 heterocycles. The van der Waals surface area contributed by atoms with Crippen molar-refractivity contribution < 1.29 is 9.59 Å². The number of carbonyl (C=O) groups is 2. The summed E-state index contributed by atoms with van der Waals surface area (Å²) < 4.78 is 0. The highest BCUT2D eigenvalue weighted by atomic mass is 16.2. The van der Waals surface area contributed by atoms with E-state index < -0.39 is 6.04 Å². The Bertz CT molecular complexity index is 838. The third-order valence-corrected chi connectivity index (χ3v) is 5.78. The number of nitrogens with zero attached hydrogens (tertiary/aromatic N) is 1. The highest BCUT2D eigenvalue weighted by Gasteiger charge is 2.28. The van der Waals surface area contributed by atoms with Crippen LogP contribution in [0.5, 0.6) is 0 Å². The highest BCUT2D eigenvalue weighted by molar-refractivity contribution is 5.88. The summed E-state index contributed by atoms with van der Waals surface area (Å²) in [6, 6.07) is 15.9. The van der Waals surface area contributed by atoms with Gasteiger partial charge in [0.2, 0.25) is 11.8 Å². The zero-order valence-electron chi connectivity index (χ0n) is 17.8. The van der Waals surface area contributed by atoms with Gasteiger partial charge >= 0.3 is 0 Å². The van der Waals surface area contributed by atoms with Crippen molar-refractivity contribution in [2.75, 3.05) is 0 Å². The van der Waals surface area contributed by atoms with Crippen LogP contribution in [0.15, 0.2) is 48.5 Å². The highest BCUT2D eigenvalue weighted by Crippen LogP contribution is 2.19. The number of aryl methyl sites for hydroxylation is 2. The SMILES string of the molecule is Cc1ccc(CC(=O)N(Cc2cccc(C)c2)C(C)C(=O)NC2CCCC2)cc1. The molecule has 1 atom stereocenters. The van der Waals surface area contributed by atoms with Crippen LogP contribution in [0, 0.1) is 13.8 Å². The Morgan fingerprint density at radius 3 is 2.34 bits per heavy atom. The van der Waals surface area contributed by atoms with Gasteiger partial charge in [-0.15, -0.1) is 0 Å². The van der Waals surface area contributed by atoms with E-state index in [9.17, 15) is 9.59 Å². The molecule has 0 bridgehead atoms. The molecule has 29 heavy (non-hydrogen) atoms. The Balaban J connectivity index is 1.76. The van der Waals surface area contributed by atoms with Gasteiger partial charge in [-0.3, -0.25) is 9.59 Å². The van der Waals surface area contributed by atoms with E-state index in [1.165, 1.54) is 18.4 Å². The van der Waals surface area contributed by atoms with Gasteiger partial charge < -0.3 is 10.2 Å². The first-order valence-electron chi connectivity index (χ1n) is 10.6. The minimum absolute atomic E-state index is 0.0237. The van der Waals surface area contributed by atoms with E-state index in [1.54, 1.807) is 4.90 Å². The second-order valence-electron chi connectivity index (χ2n) is 8.34. The molecule has 0 radical (unpaired) electrons. The number of amides is 2. The molecule has 1 aliphatic carbocycles. The maximum atomic E-state index is 13.2. The molecule has 2 amide bonds. The lowest BCUT2D eigenvalue weighted by atomic mass is 10.1. The molecule has 3 rings (SSSR count). The summed E-state index contributed by atoms with van der Waals surface area (Å²) in [5.74, 6) is -0.0776. The first-order valence-corrected chi connectivity index (χ1v) is 10.6. The van der Waals surface area contributed by atoms with Crippen molar-refractivity contribution >= 4 is 11.8 Å². The Morgan fingerprint density at radius 2 is 1.69 bits per heavy atom. The minimum atomic E-state index is -0.505. The lowest BCUT2D eigenvalue weighted by Gasteiger charge is -2.30. The molecule has 4 nitrogen and oxygen atoms in total. The van der Waals surface area contributed by atoms with Crippen molar-refractivity contribution in [3.63, 3.8) is 0 Å². The monoisotopic (exact) mass is 392 g/mol. The molecule has 1 aliphatic rings. The predicted molar refractivity (Wildman–Crippen MR) is 116 cm³/mol. The minimum Gasteiger partial charge on any atom is -0.352 e. The third kappa shape index (κ3) is 5.93. The largest absolute Gasteiger partial charge is 0.352 e. The second-order valence-corrected chi connectivity index (χ2v) is 8.34. The molecule has 1 fully saturated rings. The second kappa shape index (κ2) is 9.73. The average molecular weight is 393 g/mol. The molecule has 0 saturated heterocycles. The summed E-state index contributed by atoms with van der Waals surface area (Å²) >= 11 is 0. The zero-order chi connectivity index (χ0) is 20.8. The van der Waals surface area contributed by atoms with Gasteiger partial charge in [0.25, 0.3) is 0 Å². The molecule has 154 valence electrons. The van der Waals surface area contributed by atoms with Gasteiger partial charge in [-0.2, -0.15) is 0 Å². The molecule has 4 heteroatoms. The third-order valence-electron chi connectivity index (χ3n) is 5.78. The molecule has 2 aromatic carbocycles. The fourth-order valence-corrected chi connectivity index (χ4v) is 3.96. The first-order chi connectivity index (χ1) is 13.9. The van der Waals surface area contributed by atoms with E-state index in [-0.39, 0.29) is 17.9 Å². The molecular formula is C25H32N2O2. The van der Waals surface area contributed by atoms with Crippen molar-refractivity contribution in [1.29, 1.82) is 0 Å². The van der Waals surface area contributed by atoms with Crippen LogP contribution in [0.25, 0.3) is 0 Å². The summed E-state index contributed by atoms with van der Waals surface area (Å²) in [5, 5.41) is 3.15. The fourth-order valence-electron chi connectivity index (χ4n) is 3.96. The molecular weight excluding hydrogens is 360 g/mol. The quantitative estimate of drug-likeness (QED) is 0.763. The Kier molecular flexibility index (Phi) is 7.08. The molecule has 0 aromatic heterocycles. The summed E-state index contributed by atoms with van der Waals surface area (Å²) in [5.41, 5.74) is 4.33. The van der Waals surface area contributed by atoms with Crippen LogP contribution in [-0.4, -0.2) is 28.8 Å². The van der Waals surface area contributed by atoms with Crippen molar-refractivity contribution in [3.05, 3.63) is 70.8 Å². The zero-order valence-corrected chi connectivity index (χ0v) is 17.8. The van der Waals surface area contributed by atoms with Gasteiger partial charge in [-0.05, 0) is 44.7 Å². The van der Waals surface area contributed by atoms with Crippen LogP contribution in [0.2, 0.25) is 0 Å². The van der Waals surface area contributed by atoms with Crippen molar-refractivity contribution in [3.8, 4) is 0 Å². The van der Waals surface area contributed by atoms with Gasteiger partial charge in [-0.1, -0.05) is 72.5 Å². The number of benzene rings is 2. The Morgan fingerprint density at radius 1 is 1.00 bits per heavy atom. The summed E-state index contributed by atoms with van der Waals surface area (Å²) in [7, 11) is 0. The smallest absolute Gasteiger partial charge is 0.242 e. The molecule has 1 unspecified atom stereocenters. The molecule has 0 aliphatic heterocycles. The average Bonchev–Trinajstić information content (AvgIpc) is 3.20. The van der Waals surface area contributed by atoms with Crippen LogP contribution >= 0.6 is 0 Å². The van der Waals surface area contributed by atoms with E-state index >= 15 is 0 Å². The van der Waals surface area contributed by atoms with Crippen molar-refractivity contribution in [2.24, 2.45) is 0 Å². The van der Waals surface area contributed by atoms with Gasteiger partial charge in [0.15, 0.2) is 0 Å². The number of nitrogens with one attached hydrogen (secondary N) is 1. The number of hydrogen-bond donors (Lipinski definition) is 1. The number of hydrogen-bond acceptors (Lipinski definition) is 2. The molecule has 2 aromatic rings. The Labute approximate surface area is 174 Å². The summed E-state index contributed by atoms with van der Waals surface area (Å²) in [4.78, 5) is 27.8. The topological polar surface area (TPSA) is 49.4 Å². The van der Waals surface area contributed by atoms with Crippen LogP contribution in [0.4, 0.5) is 0 Å². The maximum absolute atomic E-state index is 13.2. The normalized spacial score (nSPS) is 15.1. The van der Waals surface area contributed by atoms with E-state index in [0.29, 0.717) is 13.0 Å². The lowest BCUT2D eigenvalue weighted by molar-refractivity contribution is -0.140. The van der Waals surface area contributed by atoms with Crippen molar-refractivity contribution in [2.45, 2.75) is 71.5 Å². The molecule has 1 N–H and O–H groups in total. The van der Waals surface area contributed by atoms with Gasteiger partial charge in [0.1, 0.15) is 6.04 Å². The summed E-state index contributed by atoms with van der Waals surface area (Å²) in [6.07, 6.45) is 4.70. The molecule has 1 saturated carbocycles. The predicted octanol–water partition coefficient (Wildman–Crippen LogP) is 4.32. The van der Waals surface area contributed by atoms with Crippen LogP contribution in [0.1, 0.15) is 54.9 Å². The van der Waals surface area contributed by atoms with E-state index in [1.807, 2.05) is 63.2 Å². The van der Waals surface area contributed by atoms with E-state index in [0.717, 1.165) is 29.5 Å². The Hall–Kier alpha value is -2.62. The number of rotatable bonds is 7. The lowest BCUT2D eigenvalue weighted by Crippen LogP contribution is -2.50. The molecule has 0 spiro atoms. The van der Waals surface area contributed by atoms with Crippen LogP contribution in [0.3, 0.4) is 0 Å². The van der Waals surface area contributed by atoms with Gasteiger partial charge in [0.05, 0.1) is 6.42 Å². The van der Waals surface area contributed by atoms with Crippen LogP contribution in [-0.2, 0) is 22.6 Å². The van der Waals surface area contributed by atoms with E-state index in [4.69, 9.17) is 0 Å². The maximum Gasteiger partial charge on any atom is 0.242 e. The standard InChI is InChI=1S/C25H32N2O2/c1-18-11-13-21(14-12-18)16-24(28)27(17-22-8-6-7-19(2)15-22)20(3)25(29)26-23-9-4-5-10-23/h6-8,11-15,20,23H,4-5,9-10,16-17H2,1-3H3,(H,26,29). The van der Waals surface area contributed by atoms with E-state index in [2.05, 4.69) is 11.4 Å². The van der Waals surface area contributed by atoms with Crippen molar-refractivity contribution in [1.82, 2.24) is 10.2 Å². The fraction of sp³-hybridized carbons (Fsp3) is 0.440. The summed E-state index contributed by atoms with van der Waals surface area (Å²) in [6.45, 7) is 6.35. The van der Waals surface area contributed by atoms with Gasteiger partial charge in [-0.25, -0.2) is 0 Å². The first kappa shape index (κ1) is 21.1. The van der Waals surface area contributed by atoms with Gasteiger partial charge in [0, 0.05) is 12.6 Å². The number of carbonyl (C=O) groups excluding carboxylic acids is 2. The van der Waals surface area contributed by atoms with Crippen LogP contribution < -0.4 is 5.32 Å².